The number of amides is 3. The summed E-state index contributed by atoms with van der Waals surface area (Å²) in [6, 6.07) is 5.03. The number of hydrogen-bond acceptors (Lipinski definition) is 8. The summed E-state index contributed by atoms with van der Waals surface area (Å²) < 4.78 is 11.0. The van der Waals surface area contributed by atoms with Crippen LogP contribution in [0.3, 0.4) is 0 Å². The third kappa shape index (κ3) is 4.14. The molecule has 5 rings (SSSR count). The van der Waals surface area contributed by atoms with Crippen LogP contribution in [0.2, 0.25) is 0 Å². The van der Waals surface area contributed by atoms with E-state index in [1.54, 1.807) is 18.2 Å². The zero-order valence-electron chi connectivity index (χ0n) is 18.3. The molecule has 1 unspecified atom stereocenters. The number of primary amides is 1. The first kappa shape index (κ1) is 21.7. The number of aromatic amines is 1. The molecule has 5 N–H and O–H groups in total. The maximum atomic E-state index is 12.9. The molecule has 1 aromatic carbocycles. The molecule has 3 aliphatic heterocycles. The number of carbonyl (C=O) groups is 3. The van der Waals surface area contributed by atoms with Crippen molar-refractivity contribution >= 4 is 35.2 Å². The van der Waals surface area contributed by atoms with E-state index in [4.69, 9.17) is 15.2 Å². The monoisotopic (exact) mass is 468 g/mol. The van der Waals surface area contributed by atoms with Gasteiger partial charge >= 0.3 is 0 Å². The van der Waals surface area contributed by atoms with Gasteiger partial charge in [0, 0.05) is 37.2 Å². The van der Waals surface area contributed by atoms with Gasteiger partial charge in [0.2, 0.25) is 23.7 Å². The fourth-order valence-electron chi connectivity index (χ4n) is 4.46. The van der Waals surface area contributed by atoms with E-state index in [9.17, 15) is 19.2 Å². The van der Waals surface area contributed by atoms with Crippen molar-refractivity contribution in [1.29, 1.82) is 0 Å². The average molecular weight is 468 g/mol. The largest absolute Gasteiger partial charge is 0.486 e. The minimum absolute atomic E-state index is 0.137. The molecule has 178 valence electrons. The fourth-order valence-corrected chi connectivity index (χ4v) is 4.46. The Kier molecular flexibility index (Phi) is 5.56. The summed E-state index contributed by atoms with van der Waals surface area (Å²) in [5.74, 6) is -0.795. The van der Waals surface area contributed by atoms with Crippen molar-refractivity contribution in [3.63, 3.8) is 0 Å². The Hall–Kier alpha value is -4.09. The van der Waals surface area contributed by atoms with E-state index in [1.165, 1.54) is 0 Å². The zero-order valence-corrected chi connectivity index (χ0v) is 18.3. The quantitative estimate of drug-likeness (QED) is 0.486. The Morgan fingerprint density at radius 2 is 1.88 bits per heavy atom. The van der Waals surface area contributed by atoms with E-state index >= 15 is 0 Å². The van der Waals surface area contributed by atoms with Crippen LogP contribution in [0.15, 0.2) is 23.0 Å². The zero-order chi connectivity index (χ0) is 23.8. The normalized spacial score (nSPS) is 19.4. The standard InChI is InChI=1S/C22H24N6O6/c23-18(30)11-3-5-28(6-4-11)22-26-19-17(21(32)27-22)13(20(31)25-19)10-16(29)24-12-1-2-14-15(9-12)34-8-7-33-14/h1-2,9,11,13H,3-8,10H2,(H2,23,30)(H,24,29)(H2,25,26,27,31,32). The van der Waals surface area contributed by atoms with Gasteiger partial charge in [-0.3, -0.25) is 24.2 Å². The molecule has 0 saturated carbocycles. The van der Waals surface area contributed by atoms with Crippen LogP contribution in [-0.2, 0) is 14.4 Å². The Labute approximate surface area is 193 Å². The van der Waals surface area contributed by atoms with E-state index in [0.29, 0.717) is 62.3 Å². The van der Waals surface area contributed by atoms with Crippen LogP contribution in [0.4, 0.5) is 17.5 Å². The number of anilines is 3. The molecule has 4 heterocycles. The van der Waals surface area contributed by atoms with Gasteiger partial charge < -0.3 is 30.7 Å². The lowest BCUT2D eigenvalue weighted by atomic mass is 9.96. The van der Waals surface area contributed by atoms with E-state index in [-0.39, 0.29) is 29.6 Å². The molecule has 1 saturated heterocycles. The van der Waals surface area contributed by atoms with Crippen LogP contribution in [0.25, 0.3) is 0 Å². The minimum Gasteiger partial charge on any atom is -0.486 e. The van der Waals surface area contributed by atoms with Gasteiger partial charge in [0.05, 0.1) is 11.5 Å². The molecule has 0 aliphatic carbocycles. The molecule has 12 nitrogen and oxygen atoms in total. The number of nitrogens with two attached hydrogens (primary N) is 1. The molecule has 0 radical (unpaired) electrons. The topological polar surface area (TPSA) is 169 Å². The lowest BCUT2D eigenvalue weighted by Gasteiger charge is -2.30. The first-order valence-electron chi connectivity index (χ1n) is 11.1. The smallest absolute Gasteiger partial charge is 0.258 e. The van der Waals surface area contributed by atoms with Crippen molar-refractivity contribution in [1.82, 2.24) is 9.97 Å². The average Bonchev–Trinajstić information content (AvgIpc) is 3.14. The van der Waals surface area contributed by atoms with Crippen LogP contribution in [0.1, 0.15) is 30.7 Å². The van der Waals surface area contributed by atoms with E-state index in [0.717, 1.165) is 0 Å². The molecular weight excluding hydrogens is 444 g/mol. The number of nitrogens with zero attached hydrogens (tertiary/aromatic N) is 2. The number of ether oxygens (including phenoxy) is 2. The number of nitrogens with one attached hydrogen (secondary N) is 3. The Morgan fingerprint density at radius 1 is 1.15 bits per heavy atom. The van der Waals surface area contributed by atoms with Crippen molar-refractivity contribution in [3.05, 3.63) is 34.1 Å². The van der Waals surface area contributed by atoms with Gasteiger partial charge in [-0.15, -0.1) is 0 Å². The second-order valence-electron chi connectivity index (χ2n) is 8.47. The third-order valence-corrected chi connectivity index (χ3v) is 6.26. The highest BCUT2D eigenvalue weighted by Crippen LogP contribution is 2.34. The fraction of sp³-hybridized carbons (Fsp3) is 0.409. The second kappa shape index (κ2) is 8.69. The predicted octanol–water partition coefficient (Wildman–Crippen LogP) is 0.307. The molecule has 1 aromatic heterocycles. The molecule has 0 spiro atoms. The van der Waals surface area contributed by atoms with Gasteiger partial charge in [0.1, 0.15) is 19.0 Å². The SMILES string of the molecule is NC(=O)C1CCN(c2nc3c(c(=O)[nH]2)C(CC(=O)Nc2ccc4c(c2)OCCO4)C(=O)N3)CC1. The number of carbonyl (C=O) groups excluding carboxylic acids is 3. The molecule has 1 fully saturated rings. The lowest BCUT2D eigenvalue weighted by Crippen LogP contribution is -2.40. The van der Waals surface area contributed by atoms with Crippen LogP contribution in [0.5, 0.6) is 11.5 Å². The molecular formula is C22H24N6O6. The lowest BCUT2D eigenvalue weighted by molar-refractivity contribution is -0.122. The van der Waals surface area contributed by atoms with Gasteiger partial charge in [-0.1, -0.05) is 0 Å². The number of piperidine rings is 1. The molecule has 2 aromatic rings. The predicted molar refractivity (Wildman–Crippen MR) is 121 cm³/mol. The van der Waals surface area contributed by atoms with Gasteiger partial charge in [-0.25, -0.2) is 0 Å². The highest BCUT2D eigenvalue weighted by molar-refractivity contribution is 6.05. The van der Waals surface area contributed by atoms with E-state index < -0.39 is 23.3 Å². The summed E-state index contributed by atoms with van der Waals surface area (Å²) in [7, 11) is 0. The van der Waals surface area contributed by atoms with E-state index in [1.807, 2.05) is 4.90 Å². The highest BCUT2D eigenvalue weighted by Gasteiger charge is 2.37. The Balaban J connectivity index is 1.29. The van der Waals surface area contributed by atoms with E-state index in [2.05, 4.69) is 20.6 Å². The van der Waals surface area contributed by atoms with Crippen molar-refractivity contribution in [2.75, 3.05) is 41.8 Å². The maximum absolute atomic E-state index is 12.9. The summed E-state index contributed by atoms with van der Waals surface area (Å²) in [5.41, 5.74) is 5.53. The first-order chi connectivity index (χ1) is 16.4. The summed E-state index contributed by atoms with van der Waals surface area (Å²) in [6.45, 7) is 1.89. The second-order valence-corrected chi connectivity index (χ2v) is 8.47. The van der Waals surface area contributed by atoms with Crippen molar-refractivity contribution < 1.29 is 23.9 Å². The molecule has 3 amide bonds. The molecule has 0 bridgehead atoms. The number of rotatable bonds is 5. The van der Waals surface area contributed by atoms with Crippen LogP contribution >= 0.6 is 0 Å². The molecule has 34 heavy (non-hydrogen) atoms. The Bertz CT molecular complexity index is 1220. The number of H-pyrrole nitrogens is 1. The first-order valence-corrected chi connectivity index (χ1v) is 11.1. The molecule has 12 heteroatoms. The third-order valence-electron chi connectivity index (χ3n) is 6.26. The summed E-state index contributed by atoms with van der Waals surface area (Å²) >= 11 is 0. The number of fused-ring (bicyclic) bond motifs is 2. The summed E-state index contributed by atoms with van der Waals surface area (Å²) in [6.07, 6.45) is 0.900. The minimum atomic E-state index is -0.960. The highest BCUT2D eigenvalue weighted by atomic mass is 16.6. The molecule has 3 aliphatic rings. The molecule has 1 atom stereocenters. The van der Waals surface area contributed by atoms with Crippen LogP contribution < -0.4 is 36.3 Å². The van der Waals surface area contributed by atoms with Gasteiger partial charge in [0.15, 0.2) is 11.5 Å². The van der Waals surface area contributed by atoms with Gasteiger partial charge in [0.25, 0.3) is 5.56 Å². The van der Waals surface area contributed by atoms with Crippen molar-refractivity contribution in [3.8, 4) is 11.5 Å². The van der Waals surface area contributed by atoms with Crippen molar-refractivity contribution in [2.24, 2.45) is 11.7 Å². The van der Waals surface area contributed by atoms with Gasteiger partial charge in [-0.2, -0.15) is 4.98 Å². The number of benzene rings is 1. The van der Waals surface area contributed by atoms with Crippen LogP contribution in [-0.4, -0.2) is 54.0 Å². The summed E-state index contributed by atoms with van der Waals surface area (Å²) in [4.78, 5) is 58.4. The van der Waals surface area contributed by atoms with Crippen molar-refractivity contribution in [2.45, 2.75) is 25.2 Å². The maximum Gasteiger partial charge on any atom is 0.258 e. The van der Waals surface area contributed by atoms with Crippen LogP contribution in [0, 0.1) is 5.92 Å². The summed E-state index contributed by atoms with van der Waals surface area (Å²) in [5, 5.41) is 5.35. The number of hydrogen-bond donors (Lipinski definition) is 4. The number of aromatic nitrogens is 2. The Morgan fingerprint density at radius 3 is 2.62 bits per heavy atom. The van der Waals surface area contributed by atoms with Gasteiger partial charge in [-0.05, 0) is 25.0 Å².